The highest BCUT2D eigenvalue weighted by Crippen LogP contribution is 2.25. The lowest BCUT2D eigenvalue weighted by atomic mass is 9.86. The number of hydrogen-bond donors (Lipinski definition) is 2. The Kier molecular flexibility index (Phi) is 5.01. The third-order valence-electron chi connectivity index (χ3n) is 4.34. The van der Waals surface area contributed by atoms with Gasteiger partial charge in [-0.15, -0.1) is 0 Å². The third kappa shape index (κ3) is 3.73. The molecule has 20 heavy (non-hydrogen) atoms. The largest absolute Gasteiger partial charge is 0.409 e. The number of oxime groups is 1. The molecule has 0 amide bonds. The molecule has 1 aliphatic heterocycles. The van der Waals surface area contributed by atoms with E-state index in [2.05, 4.69) is 36.0 Å². The first-order valence-electron chi connectivity index (χ1n) is 7.39. The summed E-state index contributed by atoms with van der Waals surface area (Å²) in [5.74, 6) is 1.85. The molecule has 0 aromatic heterocycles. The maximum absolute atomic E-state index is 8.64. The number of likely N-dealkylation sites (tertiary alicyclic amines) is 1. The molecule has 1 aromatic carbocycles. The summed E-state index contributed by atoms with van der Waals surface area (Å²) in [7, 11) is 0. The van der Waals surface area contributed by atoms with Gasteiger partial charge in [-0.1, -0.05) is 43.3 Å². The van der Waals surface area contributed by atoms with Crippen molar-refractivity contribution in [3.05, 3.63) is 35.4 Å². The lowest BCUT2D eigenvalue weighted by Gasteiger charge is -2.33. The Morgan fingerprint density at radius 1 is 1.30 bits per heavy atom. The molecule has 0 spiro atoms. The Bertz CT molecular complexity index is 445. The summed E-state index contributed by atoms with van der Waals surface area (Å²) in [4.78, 5) is 2.51. The van der Waals surface area contributed by atoms with Crippen LogP contribution in [0.1, 0.15) is 37.8 Å². The van der Waals surface area contributed by atoms with Crippen LogP contribution in [0.4, 0.5) is 0 Å². The molecule has 1 heterocycles. The minimum Gasteiger partial charge on any atom is -0.409 e. The molecule has 1 fully saturated rings. The minimum atomic E-state index is 0.161. The number of piperidine rings is 1. The van der Waals surface area contributed by atoms with Crippen molar-refractivity contribution in [3.63, 3.8) is 0 Å². The van der Waals surface area contributed by atoms with Crippen LogP contribution in [0.3, 0.4) is 0 Å². The maximum atomic E-state index is 8.64. The van der Waals surface area contributed by atoms with Gasteiger partial charge in [0.1, 0.15) is 0 Å². The van der Waals surface area contributed by atoms with E-state index in [1.54, 1.807) is 0 Å². The molecule has 2 rings (SSSR count). The van der Waals surface area contributed by atoms with Crippen molar-refractivity contribution in [2.45, 2.75) is 33.2 Å². The van der Waals surface area contributed by atoms with Crippen LogP contribution in [0.15, 0.2) is 29.4 Å². The summed E-state index contributed by atoms with van der Waals surface area (Å²) in [6, 6.07) is 7.93. The standard InChI is InChI=1S/C16H25N3O/c1-12(2)14-7-9-19(10-8-14)11-13-3-5-15(6-4-13)16(17)18-20/h3-6,12,14,20H,7-11H2,1-2H3,(H2,17,18). The monoisotopic (exact) mass is 275 g/mol. The van der Waals surface area contributed by atoms with Crippen molar-refractivity contribution in [1.29, 1.82) is 0 Å². The summed E-state index contributed by atoms with van der Waals surface area (Å²) in [6.45, 7) is 8.01. The predicted molar refractivity (Wildman–Crippen MR) is 81.8 cm³/mol. The van der Waals surface area contributed by atoms with Crippen molar-refractivity contribution >= 4 is 5.84 Å². The molecular weight excluding hydrogens is 250 g/mol. The summed E-state index contributed by atoms with van der Waals surface area (Å²) >= 11 is 0. The van der Waals surface area contributed by atoms with Gasteiger partial charge in [0.15, 0.2) is 5.84 Å². The molecule has 0 atom stereocenters. The van der Waals surface area contributed by atoms with E-state index in [-0.39, 0.29) is 5.84 Å². The van der Waals surface area contributed by atoms with Crippen molar-refractivity contribution < 1.29 is 5.21 Å². The molecule has 1 aliphatic rings. The summed E-state index contributed by atoms with van der Waals surface area (Å²) in [5.41, 5.74) is 7.60. The molecule has 3 N–H and O–H groups in total. The van der Waals surface area contributed by atoms with Crippen LogP contribution in [0, 0.1) is 11.8 Å². The first-order valence-corrected chi connectivity index (χ1v) is 7.39. The van der Waals surface area contributed by atoms with Gasteiger partial charge in [0.2, 0.25) is 0 Å². The van der Waals surface area contributed by atoms with Gasteiger partial charge in [0, 0.05) is 12.1 Å². The van der Waals surface area contributed by atoms with Crippen LogP contribution in [0.5, 0.6) is 0 Å². The number of benzene rings is 1. The molecule has 0 saturated carbocycles. The van der Waals surface area contributed by atoms with E-state index in [0.29, 0.717) is 0 Å². The van der Waals surface area contributed by atoms with Crippen molar-refractivity contribution in [1.82, 2.24) is 4.90 Å². The van der Waals surface area contributed by atoms with Gasteiger partial charge in [-0.3, -0.25) is 4.90 Å². The average Bonchev–Trinajstić information content (AvgIpc) is 2.48. The topological polar surface area (TPSA) is 61.8 Å². The highest BCUT2D eigenvalue weighted by molar-refractivity contribution is 5.96. The average molecular weight is 275 g/mol. The predicted octanol–water partition coefficient (Wildman–Crippen LogP) is 2.65. The van der Waals surface area contributed by atoms with E-state index in [9.17, 15) is 0 Å². The smallest absolute Gasteiger partial charge is 0.170 e. The highest BCUT2D eigenvalue weighted by atomic mass is 16.4. The Hall–Kier alpha value is -1.55. The van der Waals surface area contributed by atoms with Crippen molar-refractivity contribution in [3.8, 4) is 0 Å². The van der Waals surface area contributed by atoms with Gasteiger partial charge in [-0.2, -0.15) is 0 Å². The zero-order valence-electron chi connectivity index (χ0n) is 12.4. The molecule has 0 radical (unpaired) electrons. The Morgan fingerprint density at radius 3 is 2.40 bits per heavy atom. The van der Waals surface area contributed by atoms with Gasteiger partial charge in [0.05, 0.1) is 0 Å². The molecule has 4 nitrogen and oxygen atoms in total. The Morgan fingerprint density at radius 2 is 1.90 bits per heavy atom. The van der Waals surface area contributed by atoms with E-state index < -0.39 is 0 Å². The zero-order valence-corrected chi connectivity index (χ0v) is 12.4. The first kappa shape index (κ1) is 14.9. The van der Waals surface area contributed by atoms with Gasteiger partial charge in [0.25, 0.3) is 0 Å². The van der Waals surface area contributed by atoms with E-state index in [1.807, 2.05) is 12.1 Å². The van der Waals surface area contributed by atoms with Crippen molar-refractivity contribution in [2.75, 3.05) is 13.1 Å². The zero-order chi connectivity index (χ0) is 14.5. The number of amidine groups is 1. The minimum absolute atomic E-state index is 0.161. The van der Waals surface area contributed by atoms with E-state index in [1.165, 1.54) is 31.5 Å². The number of nitrogens with two attached hydrogens (primary N) is 1. The second-order valence-electron chi connectivity index (χ2n) is 6.04. The fraction of sp³-hybridized carbons (Fsp3) is 0.562. The molecule has 0 bridgehead atoms. The van der Waals surface area contributed by atoms with Gasteiger partial charge >= 0.3 is 0 Å². The van der Waals surface area contributed by atoms with Crippen LogP contribution in [0.25, 0.3) is 0 Å². The van der Waals surface area contributed by atoms with E-state index in [4.69, 9.17) is 10.9 Å². The number of nitrogens with zero attached hydrogens (tertiary/aromatic N) is 2. The van der Waals surface area contributed by atoms with Crippen LogP contribution in [-0.2, 0) is 6.54 Å². The van der Waals surface area contributed by atoms with Crippen LogP contribution in [-0.4, -0.2) is 29.0 Å². The quantitative estimate of drug-likeness (QED) is 0.384. The number of hydrogen-bond acceptors (Lipinski definition) is 3. The summed E-state index contributed by atoms with van der Waals surface area (Å²) in [6.07, 6.45) is 2.61. The maximum Gasteiger partial charge on any atom is 0.170 e. The van der Waals surface area contributed by atoms with E-state index in [0.717, 1.165) is 23.9 Å². The molecule has 110 valence electrons. The van der Waals surface area contributed by atoms with Gasteiger partial charge < -0.3 is 10.9 Å². The second kappa shape index (κ2) is 6.75. The summed E-state index contributed by atoms with van der Waals surface area (Å²) < 4.78 is 0. The van der Waals surface area contributed by atoms with Gasteiger partial charge in [-0.25, -0.2) is 0 Å². The Labute approximate surface area is 121 Å². The fourth-order valence-corrected chi connectivity index (χ4v) is 2.87. The molecular formula is C16H25N3O. The van der Waals surface area contributed by atoms with Gasteiger partial charge in [-0.05, 0) is 43.3 Å². The highest BCUT2D eigenvalue weighted by Gasteiger charge is 2.21. The molecule has 0 unspecified atom stereocenters. The molecule has 4 heteroatoms. The normalized spacial score (nSPS) is 18.6. The van der Waals surface area contributed by atoms with Crippen molar-refractivity contribution in [2.24, 2.45) is 22.7 Å². The first-order chi connectivity index (χ1) is 9.60. The second-order valence-corrected chi connectivity index (χ2v) is 6.04. The van der Waals surface area contributed by atoms with Crippen LogP contribution in [0.2, 0.25) is 0 Å². The van der Waals surface area contributed by atoms with Crippen LogP contribution < -0.4 is 5.73 Å². The summed E-state index contributed by atoms with van der Waals surface area (Å²) in [5, 5.41) is 11.7. The number of rotatable bonds is 4. The third-order valence-corrected chi connectivity index (χ3v) is 4.34. The SMILES string of the molecule is CC(C)C1CCN(Cc2ccc(/C(N)=N/O)cc2)CC1. The van der Waals surface area contributed by atoms with Crippen LogP contribution >= 0.6 is 0 Å². The van der Waals surface area contributed by atoms with E-state index >= 15 is 0 Å². The molecule has 1 saturated heterocycles. The lowest BCUT2D eigenvalue weighted by molar-refractivity contribution is 0.152. The molecule has 0 aliphatic carbocycles. The fourth-order valence-electron chi connectivity index (χ4n) is 2.87. The Balaban J connectivity index is 1.88. The molecule has 1 aromatic rings. The lowest BCUT2D eigenvalue weighted by Crippen LogP contribution is -2.34.